The Morgan fingerprint density at radius 2 is 1.67 bits per heavy atom. The highest BCUT2D eigenvalue weighted by molar-refractivity contribution is 5.62. The molecule has 0 fully saturated rings. The lowest BCUT2D eigenvalue weighted by Crippen LogP contribution is -1.78. The van der Waals surface area contributed by atoms with Crippen LogP contribution in [0.1, 0.15) is 34.1 Å². The van der Waals surface area contributed by atoms with E-state index in [1.54, 1.807) is 0 Å². The Kier molecular flexibility index (Phi) is 9.37. The van der Waals surface area contributed by atoms with Gasteiger partial charge in [-0.05, 0) is 5.92 Å². The molecule has 0 saturated heterocycles. The fourth-order valence-corrected chi connectivity index (χ4v) is 0. The van der Waals surface area contributed by atoms with Crippen molar-refractivity contribution in [2.75, 3.05) is 0 Å². The first-order valence-corrected chi connectivity index (χ1v) is 3.20. The number of rotatable bonds is 1. The summed E-state index contributed by atoms with van der Waals surface area (Å²) in [6.07, 6.45) is 1.31. The van der Waals surface area contributed by atoms with Gasteiger partial charge in [0.15, 0.2) is 0 Å². The number of carboxylic acids is 1. The van der Waals surface area contributed by atoms with Crippen LogP contribution in [0.5, 0.6) is 0 Å². The van der Waals surface area contributed by atoms with Crippen LogP contribution in [0.25, 0.3) is 0 Å². The normalized spacial score (nSPS) is 8.11. The third-order valence-corrected chi connectivity index (χ3v) is 0.816. The Labute approximate surface area is 56.9 Å². The van der Waals surface area contributed by atoms with Crippen LogP contribution in [0, 0.1) is 5.92 Å². The van der Waals surface area contributed by atoms with Crippen molar-refractivity contribution in [1.82, 2.24) is 0 Å². The Hall–Kier alpha value is -0.530. The lowest BCUT2D eigenvalue weighted by molar-refractivity contribution is -0.134. The smallest absolute Gasteiger partial charge is 0.300 e. The van der Waals surface area contributed by atoms with E-state index in [0.717, 1.165) is 12.8 Å². The van der Waals surface area contributed by atoms with Crippen LogP contribution in [-0.2, 0) is 4.79 Å². The molecule has 9 heavy (non-hydrogen) atoms. The molecule has 56 valence electrons. The first-order chi connectivity index (χ1) is 4.00. The average molecular weight is 132 g/mol. The van der Waals surface area contributed by atoms with Crippen LogP contribution in [0.15, 0.2) is 0 Å². The summed E-state index contributed by atoms with van der Waals surface area (Å²) in [5, 5.41) is 7.42. The summed E-state index contributed by atoms with van der Waals surface area (Å²) in [6.45, 7) is 7.73. The Morgan fingerprint density at radius 3 is 1.67 bits per heavy atom. The van der Waals surface area contributed by atoms with Gasteiger partial charge in [-0.3, -0.25) is 4.79 Å². The summed E-state index contributed by atoms with van der Waals surface area (Å²) in [7, 11) is 0. The first kappa shape index (κ1) is 11.3. The van der Waals surface area contributed by atoms with Gasteiger partial charge in [0.2, 0.25) is 0 Å². The molecule has 0 aliphatic heterocycles. The fraction of sp³-hybridized carbons (Fsp3) is 0.857. The van der Waals surface area contributed by atoms with Crippen molar-refractivity contribution >= 4 is 5.97 Å². The zero-order chi connectivity index (χ0) is 7.86. The van der Waals surface area contributed by atoms with E-state index >= 15 is 0 Å². The molecule has 0 atom stereocenters. The van der Waals surface area contributed by atoms with Gasteiger partial charge < -0.3 is 5.11 Å². The summed E-state index contributed by atoms with van der Waals surface area (Å²) in [5.41, 5.74) is 0. The zero-order valence-corrected chi connectivity index (χ0v) is 6.64. The van der Waals surface area contributed by atoms with E-state index in [4.69, 9.17) is 9.90 Å². The van der Waals surface area contributed by atoms with Crippen molar-refractivity contribution in [2.45, 2.75) is 34.1 Å². The molecule has 0 heterocycles. The lowest BCUT2D eigenvalue weighted by Gasteiger charge is -1.90. The summed E-state index contributed by atoms with van der Waals surface area (Å²) in [4.78, 5) is 9.00. The van der Waals surface area contributed by atoms with Gasteiger partial charge in [0.05, 0.1) is 0 Å². The van der Waals surface area contributed by atoms with Gasteiger partial charge in [-0.25, -0.2) is 0 Å². The number of hydrogen-bond donors (Lipinski definition) is 1. The van der Waals surface area contributed by atoms with Gasteiger partial charge in [0.1, 0.15) is 0 Å². The minimum Gasteiger partial charge on any atom is -0.481 e. The van der Waals surface area contributed by atoms with Crippen molar-refractivity contribution in [3.05, 3.63) is 0 Å². The molecule has 0 aliphatic carbocycles. The van der Waals surface area contributed by atoms with E-state index in [-0.39, 0.29) is 0 Å². The number of aliphatic carboxylic acids is 1. The minimum absolute atomic E-state index is 0.833. The highest BCUT2D eigenvalue weighted by Crippen LogP contribution is 1.93. The van der Waals surface area contributed by atoms with Crippen LogP contribution >= 0.6 is 0 Å². The van der Waals surface area contributed by atoms with Crippen LogP contribution in [-0.4, -0.2) is 11.1 Å². The number of carbonyl (C=O) groups is 1. The van der Waals surface area contributed by atoms with E-state index in [2.05, 4.69) is 20.8 Å². The quantitative estimate of drug-likeness (QED) is 0.593. The molecule has 0 spiro atoms. The molecule has 0 aliphatic rings. The first-order valence-electron chi connectivity index (χ1n) is 3.20. The highest BCUT2D eigenvalue weighted by atomic mass is 16.4. The van der Waals surface area contributed by atoms with Crippen molar-refractivity contribution in [3.63, 3.8) is 0 Å². The number of carboxylic acid groups (broad SMARTS) is 1. The lowest BCUT2D eigenvalue weighted by atomic mass is 10.2. The van der Waals surface area contributed by atoms with E-state index in [9.17, 15) is 0 Å². The maximum absolute atomic E-state index is 9.00. The van der Waals surface area contributed by atoms with Gasteiger partial charge >= 0.3 is 0 Å². The molecular weight excluding hydrogens is 116 g/mol. The summed E-state index contributed by atoms with van der Waals surface area (Å²) < 4.78 is 0. The van der Waals surface area contributed by atoms with Gasteiger partial charge in [-0.1, -0.05) is 27.2 Å². The Morgan fingerprint density at radius 1 is 1.56 bits per heavy atom. The Balaban J connectivity index is 0. The fourth-order valence-electron chi connectivity index (χ4n) is 0. The van der Waals surface area contributed by atoms with Crippen molar-refractivity contribution in [3.8, 4) is 0 Å². The van der Waals surface area contributed by atoms with Crippen LogP contribution < -0.4 is 0 Å². The van der Waals surface area contributed by atoms with E-state index in [1.165, 1.54) is 6.42 Å². The zero-order valence-electron chi connectivity index (χ0n) is 6.64. The van der Waals surface area contributed by atoms with Crippen molar-refractivity contribution < 1.29 is 9.90 Å². The summed E-state index contributed by atoms with van der Waals surface area (Å²) in [5.74, 6) is 0.0509. The molecule has 0 bridgehead atoms. The van der Waals surface area contributed by atoms with Crippen molar-refractivity contribution in [1.29, 1.82) is 0 Å². The van der Waals surface area contributed by atoms with Crippen LogP contribution in [0.4, 0.5) is 0 Å². The SMILES string of the molecule is CC(=O)O.CCC(C)C. The minimum atomic E-state index is -0.833. The largest absolute Gasteiger partial charge is 0.481 e. The third-order valence-electron chi connectivity index (χ3n) is 0.816. The molecule has 0 aromatic heterocycles. The van der Waals surface area contributed by atoms with E-state index in [1.807, 2.05) is 0 Å². The standard InChI is InChI=1S/C5H12.C2H4O2/c1-4-5(2)3;1-2(3)4/h5H,4H2,1-3H3;1H3,(H,3,4). The molecular formula is C7H16O2. The summed E-state index contributed by atoms with van der Waals surface area (Å²) >= 11 is 0. The molecule has 0 rings (SSSR count). The molecule has 0 aromatic rings. The van der Waals surface area contributed by atoms with Gasteiger partial charge in [0, 0.05) is 6.92 Å². The molecule has 2 heteroatoms. The Bertz CT molecular complexity index is 63.3. The summed E-state index contributed by atoms with van der Waals surface area (Å²) in [6, 6.07) is 0. The molecule has 0 radical (unpaired) electrons. The third kappa shape index (κ3) is 103. The molecule has 0 aromatic carbocycles. The molecule has 2 nitrogen and oxygen atoms in total. The van der Waals surface area contributed by atoms with Gasteiger partial charge in [-0.15, -0.1) is 0 Å². The van der Waals surface area contributed by atoms with Crippen LogP contribution in [0.2, 0.25) is 0 Å². The maximum atomic E-state index is 9.00. The molecule has 1 N–H and O–H groups in total. The predicted octanol–water partition coefficient (Wildman–Crippen LogP) is 2.14. The van der Waals surface area contributed by atoms with E-state index in [0.29, 0.717) is 0 Å². The molecule has 0 unspecified atom stereocenters. The van der Waals surface area contributed by atoms with Crippen molar-refractivity contribution in [2.24, 2.45) is 5.92 Å². The highest BCUT2D eigenvalue weighted by Gasteiger charge is 1.80. The second-order valence-corrected chi connectivity index (χ2v) is 2.32. The van der Waals surface area contributed by atoms with Gasteiger partial charge in [-0.2, -0.15) is 0 Å². The molecule has 0 saturated carbocycles. The second kappa shape index (κ2) is 7.47. The van der Waals surface area contributed by atoms with E-state index < -0.39 is 5.97 Å². The van der Waals surface area contributed by atoms with Crippen LogP contribution in [0.3, 0.4) is 0 Å². The number of hydrogen-bond acceptors (Lipinski definition) is 1. The molecule has 0 amide bonds. The second-order valence-electron chi connectivity index (χ2n) is 2.32. The van der Waals surface area contributed by atoms with Gasteiger partial charge in [0.25, 0.3) is 5.97 Å². The topological polar surface area (TPSA) is 37.3 Å². The monoisotopic (exact) mass is 132 g/mol. The maximum Gasteiger partial charge on any atom is 0.300 e. The average Bonchev–Trinajstić information content (AvgIpc) is 1.65. The predicted molar refractivity (Wildman–Crippen MR) is 38.4 cm³/mol.